The summed E-state index contributed by atoms with van der Waals surface area (Å²) in [7, 11) is 2.09. The monoisotopic (exact) mass is 310 g/mol. The molecular formula is C16H30N4O2. The van der Waals surface area contributed by atoms with Crippen LogP contribution in [0.4, 0.5) is 4.79 Å². The number of likely N-dealkylation sites (N-methyl/N-ethyl adjacent to an activating group) is 1. The van der Waals surface area contributed by atoms with Crippen molar-refractivity contribution in [2.75, 3.05) is 39.8 Å². The number of hydrogen-bond donors (Lipinski definition) is 2. The summed E-state index contributed by atoms with van der Waals surface area (Å²) in [6, 6.07) is 0.174. The standard InChI is InChI=1S/C16H30N4O2/c1-19-10-5-7-14(13-19)18-16(22)17-9-6-12-20-11-4-2-3-8-15(20)21/h14H,2-13H2,1H3,(H2,17,18,22). The van der Waals surface area contributed by atoms with Crippen molar-refractivity contribution >= 4 is 11.9 Å². The summed E-state index contributed by atoms with van der Waals surface area (Å²) in [4.78, 5) is 27.9. The van der Waals surface area contributed by atoms with Crippen molar-refractivity contribution in [1.29, 1.82) is 0 Å². The van der Waals surface area contributed by atoms with Gasteiger partial charge in [0.25, 0.3) is 0 Å². The van der Waals surface area contributed by atoms with E-state index in [2.05, 4.69) is 22.6 Å². The first-order valence-electron chi connectivity index (χ1n) is 8.66. The maximum Gasteiger partial charge on any atom is 0.315 e. The van der Waals surface area contributed by atoms with E-state index in [4.69, 9.17) is 0 Å². The van der Waals surface area contributed by atoms with Crippen LogP contribution >= 0.6 is 0 Å². The molecule has 3 amide bonds. The number of amides is 3. The van der Waals surface area contributed by atoms with E-state index >= 15 is 0 Å². The zero-order valence-corrected chi connectivity index (χ0v) is 13.8. The highest BCUT2D eigenvalue weighted by Crippen LogP contribution is 2.11. The smallest absolute Gasteiger partial charge is 0.315 e. The van der Waals surface area contributed by atoms with Crippen molar-refractivity contribution in [1.82, 2.24) is 20.4 Å². The molecule has 1 unspecified atom stereocenters. The normalized spacial score (nSPS) is 24.0. The lowest BCUT2D eigenvalue weighted by Gasteiger charge is -2.30. The third-order valence-electron chi connectivity index (χ3n) is 4.52. The van der Waals surface area contributed by atoms with E-state index in [0.29, 0.717) is 13.0 Å². The highest BCUT2D eigenvalue weighted by Gasteiger charge is 2.19. The summed E-state index contributed by atoms with van der Waals surface area (Å²) < 4.78 is 0. The number of nitrogens with zero attached hydrogens (tertiary/aromatic N) is 2. The minimum absolute atomic E-state index is 0.0810. The average molecular weight is 310 g/mol. The Morgan fingerprint density at radius 1 is 1.23 bits per heavy atom. The first-order valence-corrected chi connectivity index (χ1v) is 8.66. The molecule has 0 bridgehead atoms. The lowest BCUT2D eigenvalue weighted by atomic mass is 10.1. The lowest BCUT2D eigenvalue weighted by molar-refractivity contribution is -0.130. The Kier molecular flexibility index (Phi) is 6.96. The Balaban J connectivity index is 1.57. The van der Waals surface area contributed by atoms with E-state index < -0.39 is 0 Å². The van der Waals surface area contributed by atoms with Gasteiger partial charge in [0, 0.05) is 38.6 Å². The Hall–Kier alpha value is -1.30. The number of carbonyl (C=O) groups excluding carboxylic acids is 2. The Bertz CT molecular complexity index is 375. The molecule has 22 heavy (non-hydrogen) atoms. The van der Waals surface area contributed by atoms with Crippen molar-refractivity contribution in [2.24, 2.45) is 0 Å². The Morgan fingerprint density at radius 2 is 2.09 bits per heavy atom. The lowest BCUT2D eigenvalue weighted by Crippen LogP contribution is -2.49. The summed E-state index contributed by atoms with van der Waals surface area (Å²) in [6.45, 7) is 4.29. The quantitative estimate of drug-likeness (QED) is 0.749. The maximum absolute atomic E-state index is 11.9. The first-order chi connectivity index (χ1) is 10.6. The van der Waals surface area contributed by atoms with Crippen molar-refractivity contribution in [2.45, 2.75) is 51.0 Å². The Morgan fingerprint density at radius 3 is 2.91 bits per heavy atom. The molecule has 6 nitrogen and oxygen atoms in total. The van der Waals surface area contributed by atoms with Crippen molar-refractivity contribution in [3.8, 4) is 0 Å². The fourth-order valence-corrected chi connectivity index (χ4v) is 3.27. The van der Waals surface area contributed by atoms with Gasteiger partial charge in [0.2, 0.25) is 5.91 Å². The van der Waals surface area contributed by atoms with E-state index in [1.165, 1.54) is 0 Å². The van der Waals surface area contributed by atoms with Gasteiger partial charge in [0.1, 0.15) is 0 Å². The summed E-state index contributed by atoms with van der Waals surface area (Å²) >= 11 is 0. The number of rotatable bonds is 5. The highest BCUT2D eigenvalue weighted by atomic mass is 16.2. The molecule has 0 radical (unpaired) electrons. The molecule has 0 aromatic rings. The Labute approximate surface area is 133 Å². The van der Waals surface area contributed by atoms with Gasteiger partial charge in [-0.3, -0.25) is 4.79 Å². The molecule has 2 aliphatic rings. The van der Waals surface area contributed by atoms with E-state index in [-0.39, 0.29) is 18.0 Å². The van der Waals surface area contributed by atoms with Gasteiger partial charge in [-0.1, -0.05) is 6.42 Å². The SMILES string of the molecule is CN1CCCC(NC(=O)NCCCN2CCCCCC2=O)C1. The van der Waals surface area contributed by atoms with E-state index in [9.17, 15) is 9.59 Å². The zero-order valence-electron chi connectivity index (χ0n) is 13.8. The molecular weight excluding hydrogens is 280 g/mol. The molecule has 2 fully saturated rings. The van der Waals surface area contributed by atoms with Crippen molar-refractivity contribution in [3.05, 3.63) is 0 Å². The van der Waals surface area contributed by atoms with Gasteiger partial charge in [-0.25, -0.2) is 4.79 Å². The largest absolute Gasteiger partial charge is 0.343 e. The average Bonchev–Trinajstić information content (AvgIpc) is 2.68. The number of hydrogen-bond acceptors (Lipinski definition) is 3. The van der Waals surface area contributed by atoms with Gasteiger partial charge in [-0.05, 0) is 45.7 Å². The van der Waals surface area contributed by atoms with Crippen LogP contribution in [0.25, 0.3) is 0 Å². The fourth-order valence-electron chi connectivity index (χ4n) is 3.27. The van der Waals surface area contributed by atoms with Gasteiger partial charge in [-0.15, -0.1) is 0 Å². The molecule has 0 aromatic heterocycles. The van der Waals surface area contributed by atoms with E-state index in [1.54, 1.807) is 0 Å². The zero-order chi connectivity index (χ0) is 15.8. The molecule has 1 atom stereocenters. The fraction of sp³-hybridized carbons (Fsp3) is 0.875. The summed E-state index contributed by atoms with van der Waals surface area (Å²) in [6.07, 6.45) is 6.98. The molecule has 0 aromatic carbocycles. The number of piperidine rings is 1. The number of carbonyl (C=O) groups is 2. The molecule has 0 spiro atoms. The van der Waals surface area contributed by atoms with Gasteiger partial charge < -0.3 is 20.4 Å². The minimum Gasteiger partial charge on any atom is -0.343 e. The summed E-state index contributed by atoms with van der Waals surface area (Å²) in [5.74, 6) is 0.271. The van der Waals surface area contributed by atoms with Crippen LogP contribution in [0, 0.1) is 0 Å². The van der Waals surface area contributed by atoms with Gasteiger partial charge in [0.15, 0.2) is 0 Å². The van der Waals surface area contributed by atoms with Crippen LogP contribution in [0.1, 0.15) is 44.9 Å². The van der Waals surface area contributed by atoms with Crippen molar-refractivity contribution < 1.29 is 9.59 Å². The predicted molar refractivity (Wildman–Crippen MR) is 86.7 cm³/mol. The molecule has 2 saturated heterocycles. The van der Waals surface area contributed by atoms with Crippen LogP contribution in [0.15, 0.2) is 0 Å². The summed E-state index contributed by atoms with van der Waals surface area (Å²) in [5.41, 5.74) is 0. The molecule has 0 saturated carbocycles. The molecule has 6 heteroatoms. The highest BCUT2D eigenvalue weighted by molar-refractivity contribution is 5.76. The second kappa shape index (κ2) is 8.98. The molecule has 2 aliphatic heterocycles. The van der Waals surface area contributed by atoms with Crippen LogP contribution < -0.4 is 10.6 Å². The third-order valence-corrected chi connectivity index (χ3v) is 4.52. The van der Waals surface area contributed by atoms with Crippen LogP contribution in [-0.4, -0.2) is 67.6 Å². The second-order valence-electron chi connectivity index (χ2n) is 6.55. The number of likely N-dealkylation sites (tertiary alicyclic amines) is 2. The third kappa shape index (κ3) is 5.83. The molecule has 2 heterocycles. The van der Waals surface area contributed by atoms with Crippen molar-refractivity contribution in [3.63, 3.8) is 0 Å². The molecule has 0 aliphatic carbocycles. The molecule has 126 valence electrons. The van der Waals surface area contributed by atoms with Crippen LogP contribution in [0.5, 0.6) is 0 Å². The first kappa shape index (κ1) is 17.1. The molecule has 2 N–H and O–H groups in total. The second-order valence-corrected chi connectivity index (χ2v) is 6.55. The number of urea groups is 1. The van der Waals surface area contributed by atoms with E-state index in [1.807, 2.05) is 4.90 Å². The molecule has 2 rings (SSSR count). The van der Waals surface area contributed by atoms with Gasteiger partial charge >= 0.3 is 6.03 Å². The predicted octanol–water partition coefficient (Wildman–Crippen LogP) is 1.17. The van der Waals surface area contributed by atoms with Crippen LogP contribution in [0.3, 0.4) is 0 Å². The van der Waals surface area contributed by atoms with Crippen LogP contribution in [0.2, 0.25) is 0 Å². The van der Waals surface area contributed by atoms with Gasteiger partial charge in [0.05, 0.1) is 0 Å². The number of nitrogens with one attached hydrogen (secondary N) is 2. The van der Waals surface area contributed by atoms with Gasteiger partial charge in [-0.2, -0.15) is 0 Å². The topological polar surface area (TPSA) is 64.7 Å². The van der Waals surface area contributed by atoms with E-state index in [0.717, 1.165) is 64.7 Å². The maximum atomic E-state index is 11.9. The summed E-state index contributed by atoms with van der Waals surface area (Å²) in [5, 5.41) is 5.94. The minimum atomic E-state index is -0.0810. The van der Waals surface area contributed by atoms with Crippen LogP contribution in [-0.2, 0) is 4.79 Å².